The molecule has 4 amide bonds. The zero-order valence-electron chi connectivity index (χ0n) is 41.3. The second kappa shape index (κ2) is 21.4. The topological polar surface area (TPSA) is 252 Å². The van der Waals surface area contributed by atoms with E-state index in [1.54, 1.807) is 49.2 Å². The summed E-state index contributed by atoms with van der Waals surface area (Å²) in [5.41, 5.74) is 15.7. The van der Waals surface area contributed by atoms with Gasteiger partial charge >= 0.3 is 6.09 Å². The molecule has 0 radical (unpaired) electrons. The molecule has 5 heterocycles. The number of fused-ring (bicyclic) bond motifs is 2. The molecule has 4 aromatic heterocycles. The summed E-state index contributed by atoms with van der Waals surface area (Å²) in [6, 6.07) is 9.83. The summed E-state index contributed by atoms with van der Waals surface area (Å²) in [6.07, 6.45) is 7.25. The Hall–Kier alpha value is -7.51. The van der Waals surface area contributed by atoms with Crippen LogP contribution in [0.2, 0.25) is 0 Å². The number of hydrogen-bond donors (Lipinski definition) is 3. The molecule has 0 unspecified atom stereocenters. The first kappa shape index (κ1) is 50.4. The first-order chi connectivity index (χ1) is 33.4. The van der Waals surface area contributed by atoms with E-state index in [-0.39, 0.29) is 54.9 Å². The Morgan fingerprint density at radius 2 is 1.36 bits per heavy atom. The number of anilines is 1. The number of ketones is 1. The van der Waals surface area contributed by atoms with E-state index in [1.165, 1.54) is 13.2 Å². The predicted octanol–water partition coefficient (Wildman–Crippen LogP) is 6.77. The molecule has 1 aliphatic heterocycles. The van der Waals surface area contributed by atoms with E-state index in [2.05, 4.69) is 15.5 Å². The van der Waals surface area contributed by atoms with Gasteiger partial charge in [0.2, 0.25) is 17.8 Å². The lowest BCUT2D eigenvalue weighted by atomic mass is 9.92. The zero-order valence-corrected chi connectivity index (χ0v) is 41.3. The fourth-order valence-electron chi connectivity index (χ4n) is 8.86. The fraction of sp³-hybridized carbons (Fsp3) is 0.460. The highest BCUT2D eigenvalue weighted by Gasteiger charge is 2.28. The maximum Gasteiger partial charge on any atom is 0.410 e. The van der Waals surface area contributed by atoms with Crippen LogP contribution in [-0.2, 0) is 37.3 Å². The minimum absolute atomic E-state index is 0.0880. The van der Waals surface area contributed by atoms with Crippen LogP contribution in [0.1, 0.15) is 126 Å². The van der Waals surface area contributed by atoms with Gasteiger partial charge in [-0.15, -0.1) is 0 Å². The maximum atomic E-state index is 13.7. The van der Waals surface area contributed by atoms with Gasteiger partial charge < -0.3 is 39.7 Å². The largest absolute Gasteiger partial charge is 0.494 e. The number of rotatable bonds is 20. The van der Waals surface area contributed by atoms with E-state index < -0.39 is 23.3 Å². The SMILES string of the molecule is CCn1nc(C)cc1C(=O)CCc1nc2cc(C(N)=O)cc(OCCCC3CCN(C(=O)OC(C)(C)C)CC3)c2n1C/C=C/Cn1c(NC(=O)c2cc(C)nn2CC)nc2cc(C(N)=O)cc(OC)c21. The molecule has 0 saturated carbocycles. The number of aryl methyl sites for hydroxylation is 5. The number of primary amides is 2. The summed E-state index contributed by atoms with van der Waals surface area (Å²) in [7, 11) is 1.47. The lowest BCUT2D eigenvalue weighted by Crippen LogP contribution is -2.41. The van der Waals surface area contributed by atoms with Crippen LogP contribution in [-0.4, -0.2) is 106 Å². The van der Waals surface area contributed by atoms with Crippen LogP contribution in [0.4, 0.5) is 10.7 Å². The van der Waals surface area contributed by atoms with Crippen LogP contribution in [0.25, 0.3) is 22.1 Å². The number of amides is 4. The highest BCUT2D eigenvalue weighted by Crippen LogP contribution is 2.33. The highest BCUT2D eigenvalue weighted by atomic mass is 16.6. The number of carbonyl (C=O) groups excluding carboxylic acids is 5. The molecule has 20 heteroatoms. The smallest absolute Gasteiger partial charge is 0.410 e. The molecule has 6 aromatic rings. The number of ether oxygens (including phenoxy) is 3. The predicted molar refractivity (Wildman–Crippen MR) is 263 cm³/mol. The molecule has 0 bridgehead atoms. The molecule has 0 aliphatic carbocycles. The second-order valence-electron chi connectivity index (χ2n) is 18.5. The Morgan fingerprint density at radius 3 is 1.96 bits per heavy atom. The third-order valence-corrected chi connectivity index (χ3v) is 12.2. The van der Waals surface area contributed by atoms with Gasteiger partial charge in [-0.05, 0) is 116 Å². The molecule has 0 spiro atoms. The third kappa shape index (κ3) is 11.5. The Bertz CT molecular complexity index is 2960. The maximum absolute atomic E-state index is 13.7. The van der Waals surface area contributed by atoms with Crippen molar-refractivity contribution in [1.29, 1.82) is 0 Å². The number of likely N-dealkylation sites (tertiary alicyclic amines) is 1. The number of methoxy groups -OCH3 is 1. The lowest BCUT2D eigenvalue weighted by molar-refractivity contribution is 0.0179. The van der Waals surface area contributed by atoms with Crippen molar-refractivity contribution in [2.24, 2.45) is 17.4 Å². The summed E-state index contributed by atoms with van der Waals surface area (Å²) >= 11 is 0. The summed E-state index contributed by atoms with van der Waals surface area (Å²) in [6.45, 7) is 16.1. The Labute approximate surface area is 406 Å². The highest BCUT2D eigenvalue weighted by molar-refractivity contribution is 6.04. The molecular weight excluding hydrogens is 897 g/mol. The van der Waals surface area contributed by atoms with Gasteiger partial charge in [0.05, 0.1) is 36.1 Å². The standard InChI is InChI=1S/C50H64N12O8/c1-9-61-37(24-30(3)56-61)39(63)15-16-42-53-35-26-34(46(52)65)29-41(69-23-13-14-32-17-21-58(22-18-32)49(67)70-50(5,6)7)44(35)59(42)19-11-12-20-60-43-36(27-33(45(51)64)28-40(43)68-8)54-48(60)55-47(66)38-25-31(4)57-62(38)10-2/h11-12,24-29,32H,9-10,13-23H2,1-8H3,(H2,51,64)(H2,52,65)(H,54,55,66)/b12-11+. The average molecular weight is 961 g/mol. The monoisotopic (exact) mass is 960 g/mol. The van der Waals surface area contributed by atoms with Gasteiger partial charge in [0, 0.05) is 63.2 Å². The van der Waals surface area contributed by atoms with E-state index in [4.69, 9.17) is 35.6 Å². The van der Waals surface area contributed by atoms with Crippen molar-refractivity contribution < 1.29 is 38.2 Å². The quantitative estimate of drug-likeness (QED) is 0.0407. The number of carbonyl (C=O) groups is 5. The van der Waals surface area contributed by atoms with E-state index in [0.29, 0.717) is 95.2 Å². The van der Waals surface area contributed by atoms with Crippen molar-refractivity contribution in [2.45, 2.75) is 119 Å². The van der Waals surface area contributed by atoms with Crippen molar-refractivity contribution in [3.63, 3.8) is 0 Å². The van der Waals surface area contributed by atoms with E-state index in [0.717, 1.165) is 31.4 Å². The van der Waals surface area contributed by atoms with Crippen LogP contribution < -0.4 is 26.3 Å². The molecule has 1 aliphatic rings. The Balaban J connectivity index is 1.18. The number of imidazole rings is 2. The number of Topliss-reactive ketones (excluding diaryl/α,β-unsaturated/α-hetero) is 1. The summed E-state index contributed by atoms with van der Waals surface area (Å²) in [4.78, 5) is 76.6. The number of piperidine rings is 1. The number of allylic oxidation sites excluding steroid dienone is 2. The number of nitrogens with two attached hydrogens (primary N) is 2. The van der Waals surface area contributed by atoms with Crippen molar-refractivity contribution in [2.75, 3.05) is 32.1 Å². The van der Waals surface area contributed by atoms with Crippen molar-refractivity contribution in [3.8, 4) is 11.5 Å². The van der Waals surface area contributed by atoms with Crippen molar-refractivity contribution >= 4 is 57.6 Å². The zero-order chi connectivity index (χ0) is 50.4. The van der Waals surface area contributed by atoms with Gasteiger partial charge in [-0.1, -0.05) is 12.2 Å². The molecule has 5 N–H and O–H groups in total. The molecule has 7 rings (SSSR count). The van der Waals surface area contributed by atoms with Gasteiger partial charge in [0.15, 0.2) is 5.78 Å². The normalized spacial score (nSPS) is 13.4. The molecule has 2 aromatic carbocycles. The molecule has 0 atom stereocenters. The molecular formula is C50H64N12O8. The molecule has 1 saturated heterocycles. The van der Waals surface area contributed by atoms with E-state index in [1.807, 2.05) is 65.2 Å². The molecule has 372 valence electrons. The first-order valence-corrected chi connectivity index (χ1v) is 23.8. The van der Waals surface area contributed by atoms with Gasteiger partial charge in [0.1, 0.15) is 45.3 Å². The van der Waals surface area contributed by atoms with Gasteiger partial charge in [-0.2, -0.15) is 10.2 Å². The number of hydrogen-bond acceptors (Lipinski definition) is 12. The molecule has 20 nitrogen and oxygen atoms in total. The average Bonchev–Trinajstić information content (AvgIpc) is 4.09. The Morgan fingerprint density at radius 1 is 0.786 bits per heavy atom. The number of benzene rings is 2. The third-order valence-electron chi connectivity index (χ3n) is 12.2. The van der Waals surface area contributed by atoms with Gasteiger partial charge in [-0.3, -0.25) is 33.9 Å². The number of nitrogens with one attached hydrogen (secondary N) is 1. The van der Waals surface area contributed by atoms with Gasteiger partial charge in [-0.25, -0.2) is 14.8 Å². The lowest BCUT2D eigenvalue weighted by Gasteiger charge is -2.33. The molecule has 1 fully saturated rings. The minimum atomic E-state index is -0.664. The Kier molecular flexibility index (Phi) is 15.4. The van der Waals surface area contributed by atoms with Crippen LogP contribution in [0.3, 0.4) is 0 Å². The molecule has 70 heavy (non-hydrogen) atoms. The first-order valence-electron chi connectivity index (χ1n) is 23.8. The van der Waals surface area contributed by atoms with Crippen LogP contribution in [0, 0.1) is 19.8 Å². The van der Waals surface area contributed by atoms with Gasteiger partial charge in [0.25, 0.3) is 5.91 Å². The van der Waals surface area contributed by atoms with Crippen molar-refractivity contribution in [3.05, 3.63) is 88.3 Å². The summed E-state index contributed by atoms with van der Waals surface area (Å²) in [5, 5.41) is 11.8. The van der Waals surface area contributed by atoms with Crippen LogP contribution in [0.5, 0.6) is 11.5 Å². The van der Waals surface area contributed by atoms with Crippen LogP contribution >= 0.6 is 0 Å². The summed E-state index contributed by atoms with van der Waals surface area (Å²) < 4.78 is 24.9. The fourth-order valence-corrected chi connectivity index (χ4v) is 8.86. The second-order valence-corrected chi connectivity index (χ2v) is 18.5. The minimum Gasteiger partial charge on any atom is -0.494 e. The summed E-state index contributed by atoms with van der Waals surface area (Å²) in [5.74, 6) is 0.118. The number of nitrogens with zero attached hydrogens (tertiary/aromatic N) is 9. The van der Waals surface area contributed by atoms with Crippen LogP contribution in [0.15, 0.2) is 48.6 Å². The van der Waals surface area contributed by atoms with E-state index >= 15 is 0 Å². The van der Waals surface area contributed by atoms with E-state index in [9.17, 15) is 24.0 Å². The van der Waals surface area contributed by atoms with Crippen molar-refractivity contribution in [1.82, 2.24) is 43.6 Å². The number of aromatic nitrogens is 8.